The first-order valence-corrected chi connectivity index (χ1v) is 7.14. The number of carbonyl (C=O) groups excluding carboxylic acids is 2. The Labute approximate surface area is 130 Å². The van der Waals surface area contributed by atoms with E-state index in [9.17, 15) is 9.59 Å². The second-order valence-electron chi connectivity index (χ2n) is 6.10. The molecule has 0 heterocycles. The fourth-order valence-corrected chi connectivity index (χ4v) is 1.91. The van der Waals surface area contributed by atoms with Gasteiger partial charge in [-0.1, -0.05) is 18.2 Å². The Hall–Kier alpha value is -2.62. The van der Waals surface area contributed by atoms with Gasteiger partial charge in [-0.2, -0.15) is 0 Å². The van der Waals surface area contributed by atoms with Gasteiger partial charge in [0.2, 0.25) is 0 Å². The second-order valence-corrected chi connectivity index (χ2v) is 6.10. The molecule has 0 aliphatic rings. The topological polar surface area (TPSA) is 58.2 Å². The van der Waals surface area contributed by atoms with Crippen LogP contribution in [0.4, 0.5) is 5.69 Å². The zero-order chi connectivity index (χ0) is 16.2. The SMILES string of the molecule is CC(C)(C)NC(=O)c1ccc(NC(=O)c2ccccc2)cc1. The van der Waals surface area contributed by atoms with Crippen LogP contribution in [0.15, 0.2) is 54.6 Å². The molecule has 2 N–H and O–H groups in total. The average molecular weight is 296 g/mol. The summed E-state index contributed by atoms with van der Waals surface area (Å²) in [5.74, 6) is -0.305. The lowest BCUT2D eigenvalue weighted by molar-refractivity contribution is 0.0919. The molecular formula is C18H20N2O2. The average Bonchev–Trinajstić information content (AvgIpc) is 2.47. The number of hydrogen-bond donors (Lipinski definition) is 2. The Morgan fingerprint density at radius 3 is 1.86 bits per heavy atom. The van der Waals surface area contributed by atoms with E-state index in [-0.39, 0.29) is 17.4 Å². The molecule has 114 valence electrons. The van der Waals surface area contributed by atoms with E-state index in [0.29, 0.717) is 16.8 Å². The van der Waals surface area contributed by atoms with Crippen molar-refractivity contribution in [3.05, 3.63) is 65.7 Å². The minimum Gasteiger partial charge on any atom is -0.347 e. The van der Waals surface area contributed by atoms with Gasteiger partial charge >= 0.3 is 0 Å². The molecule has 4 nitrogen and oxygen atoms in total. The minimum atomic E-state index is -0.280. The molecule has 0 aromatic heterocycles. The molecule has 2 aromatic carbocycles. The Balaban J connectivity index is 2.03. The molecule has 2 rings (SSSR count). The summed E-state index contributed by atoms with van der Waals surface area (Å²) >= 11 is 0. The van der Waals surface area contributed by atoms with Crippen molar-refractivity contribution in [2.24, 2.45) is 0 Å². The van der Waals surface area contributed by atoms with Gasteiger partial charge in [0.05, 0.1) is 0 Å². The summed E-state index contributed by atoms with van der Waals surface area (Å²) in [6, 6.07) is 15.8. The normalized spacial score (nSPS) is 10.9. The van der Waals surface area contributed by atoms with Crippen LogP contribution < -0.4 is 10.6 Å². The Kier molecular flexibility index (Phi) is 4.61. The van der Waals surface area contributed by atoms with E-state index in [1.165, 1.54) is 0 Å². The van der Waals surface area contributed by atoms with Crippen LogP contribution in [0.3, 0.4) is 0 Å². The highest BCUT2D eigenvalue weighted by molar-refractivity contribution is 6.04. The Morgan fingerprint density at radius 2 is 1.32 bits per heavy atom. The molecule has 22 heavy (non-hydrogen) atoms. The minimum absolute atomic E-state index is 0.131. The van der Waals surface area contributed by atoms with Crippen molar-refractivity contribution >= 4 is 17.5 Å². The molecule has 2 aromatic rings. The standard InChI is InChI=1S/C18H20N2O2/c1-18(2,3)20-17(22)14-9-11-15(12-10-14)19-16(21)13-7-5-4-6-8-13/h4-12H,1-3H3,(H,19,21)(H,20,22). The van der Waals surface area contributed by atoms with E-state index >= 15 is 0 Å². The fourth-order valence-electron chi connectivity index (χ4n) is 1.91. The Bertz CT molecular complexity index is 656. The summed E-state index contributed by atoms with van der Waals surface area (Å²) in [4.78, 5) is 24.0. The fraction of sp³-hybridized carbons (Fsp3) is 0.222. The van der Waals surface area contributed by atoms with E-state index in [2.05, 4.69) is 10.6 Å². The van der Waals surface area contributed by atoms with Gasteiger partial charge < -0.3 is 10.6 Å². The lowest BCUT2D eigenvalue weighted by Crippen LogP contribution is -2.40. The molecule has 0 radical (unpaired) electrons. The van der Waals surface area contributed by atoms with Gasteiger partial charge in [-0.05, 0) is 57.2 Å². The van der Waals surface area contributed by atoms with Crippen molar-refractivity contribution in [2.45, 2.75) is 26.3 Å². The van der Waals surface area contributed by atoms with Gasteiger partial charge in [0.1, 0.15) is 0 Å². The molecular weight excluding hydrogens is 276 g/mol. The van der Waals surface area contributed by atoms with Gasteiger partial charge in [0, 0.05) is 22.4 Å². The van der Waals surface area contributed by atoms with Gasteiger partial charge in [0.25, 0.3) is 11.8 Å². The third-order valence-corrected chi connectivity index (χ3v) is 2.93. The predicted molar refractivity (Wildman–Crippen MR) is 88.1 cm³/mol. The molecule has 0 aliphatic carbocycles. The summed E-state index contributed by atoms with van der Waals surface area (Å²) in [6.07, 6.45) is 0. The second kappa shape index (κ2) is 6.43. The first-order valence-electron chi connectivity index (χ1n) is 7.14. The number of hydrogen-bond acceptors (Lipinski definition) is 2. The van der Waals surface area contributed by atoms with Gasteiger partial charge in [0.15, 0.2) is 0 Å². The zero-order valence-corrected chi connectivity index (χ0v) is 13.0. The molecule has 2 amide bonds. The number of benzene rings is 2. The molecule has 0 fully saturated rings. The number of rotatable bonds is 3. The van der Waals surface area contributed by atoms with E-state index in [1.54, 1.807) is 36.4 Å². The highest BCUT2D eigenvalue weighted by Crippen LogP contribution is 2.12. The highest BCUT2D eigenvalue weighted by atomic mass is 16.2. The molecule has 0 bridgehead atoms. The molecule has 0 saturated carbocycles. The van der Waals surface area contributed by atoms with Crippen molar-refractivity contribution in [2.75, 3.05) is 5.32 Å². The maximum Gasteiger partial charge on any atom is 0.255 e. The van der Waals surface area contributed by atoms with E-state index in [1.807, 2.05) is 39.0 Å². The van der Waals surface area contributed by atoms with Crippen LogP contribution in [0.2, 0.25) is 0 Å². The van der Waals surface area contributed by atoms with Crippen LogP contribution in [-0.4, -0.2) is 17.4 Å². The summed E-state index contributed by atoms with van der Waals surface area (Å²) in [5, 5.41) is 5.70. The van der Waals surface area contributed by atoms with Gasteiger partial charge in [-0.15, -0.1) is 0 Å². The molecule has 0 aliphatic heterocycles. The summed E-state index contributed by atoms with van der Waals surface area (Å²) in [7, 11) is 0. The van der Waals surface area contributed by atoms with E-state index < -0.39 is 0 Å². The molecule has 0 saturated heterocycles. The number of anilines is 1. The molecule has 0 atom stereocenters. The first-order chi connectivity index (χ1) is 10.3. The third-order valence-electron chi connectivity index (χ3n) is 2.93. The van der Waals surface area contributed by atoms with Crippen LogP contribution in [0.5, 0.6) is 0 Å². The quantitative estimate of drug-likeness (QED) is 0.911. The van der Waals surface area contributed by atoms with Crippen LogP contribution in [0.25, 0.3) is 0 Å². The van der Waals surface area contributed by atoms with Crippen molar-refractivity contribution in [1.82, 2.24) is 5.32 Å². The molecule has 4 heteroatoms. The maximum absolute atomic E-state index is 12.0. The summed E-state index contributed by atoms with van der Waals surface area (Å²) in [6.45, 7) is 5.79. The summed E-state index contributed by atoms with van der Waals surface area (Å²) < 4.78 is 0. The third kappa shape index (κ3) is 4.45. The lowest BCUT2D eigenvalue weighted by atomic mass is 10.1. The van der Waals surface area contributed by atoms with Crippen LogP contribution in [-0.2, 0) is 0 Å². The largest absolute Gasteiger partial charge is 0.347 e. The number of amides is 2. The van der Waals surface area contributed by atoms with Crippen molar-refractivity contribution < 1.29 is 9.59 Å². The molecule has 0 unspecified atom stereocenters. The highest BCUT2D eigenvalue weighted by Gasteiger charge is 2.15. The van der Waals surface area contributed by atoms with E-state index in [0.717, 1.165) is 0 Å². The van der Waals surface area contributed by atoms with Crippen molar-refractivity contribution in [3.8, 4) is 0 Å². The number of carbonyl (C=O) groups is 2. The lowest BCUT2D eigenvalue weighted by Gasteiger charge is -2.20. The monoisotopic (exact) mass is 296 g/mol. The van der Waals surface area contributed by atoms with Crippen LogP contribution in [0.1, 0.15) is 41.5 Å². The summed E-state index contributed by atoms with van der Waals surface area (Å²) in [5.41, 5.74) is 1.53. The van der Waals surface area contributed by atoms with Crippen molar-refractivity contribution in [1.29, 1.82) is 0 Å². The zero-order valence-electron chi connectivity index (χ0n) is 13.0. The number of nitrogens with one attached hydrogen (secondary N) is 2. The van der Waals surface area contributed by atoms with Crippen molar-refractivity contribution in [3.63, 3.8) is 0 Å². The van der Waals surface area contributed by atoms with Crippen LogP contribution >= 0.6 is 0 Å². The molecule has 0 spiro atoms. The smallest absolute Gasteiger partial charge is 0.255 e. The van der Waals surface area contributed by atoms with Crippen LogP contribution in [0, 0.1) is 0 Å². The predicted octanol–water partition coefficient (Wildman–Crippen LogP) is 3.47. The first kappa shape index (κ1) is 15.8. The van der Waals surface area contributed by atoms with E-state index in [4.69, 9.17) is 0 Å². The van der Waals surface area contributed by atoms with Gasteiger partial charge in [-0.25, -0.2) is 0 Å². The maximum atomic E-state index is 12.0. The van der Waals surface area contributed by atoms with Gasteiger partial charge in [-0.3, -0.25) is 9.59 Å². The Morgan fingerprint density at radius 1 is 0.773 bits per heavy atom.